The summed E-state index contributed by atoms with van der Waals surface area (Å²) in [6, 6.07) is -0.0452. The van der Waals surface area contributed by atoms with Gasteiger partial charge in [-0.15, -0.1) is 0 Å². The summed E-state index contributed by atoms with van der Waals surface area (Å²) in [4.78, 5) is 15.2. The Hall–Kier alpha value is -2.56. The molecule has 7 nitrogen and oxygen atoms in total. The molecule has 1 amide bonds. The van der Waals surface area contributed by atoms with E-state index in [0.29, 0.717) is 19.4 Å². The molecule has 1 atom stereocenters. The van der Waals surface area contributed by atoms with Gasteiger partial charge in [-0.1, -0.05) is 0 Å². The maximum absolute atomic E-state index is 15.0. The van der Waals surface area contributed by atoms with Crippen molar-refractivity contribution in [3.05, 3.63) is 17.2 Å². The van der Waals surface area contributed by atoms with E-state index in [0.717, 1.165) is 12.8 Å². The van der Waals surface area contributed by atoms with Crippen LogP contribution in [0.4, 0.5) is 17.6 Å². The SMILES string of the molecule is CC(=O)N[C@@H](C)COC1CCC(Oc2nc3c(F)c(C)c(OCC(F)F)c(F)c3n2C)CC1. The Bertz CT molecular complexity index is 990. The quantitative estimate of drug-likeness (QED) is 0.555. The van der Waals surface area contributed by atoms with Crippen molar-refractivity contribution in [2.24, 2.45) is 7.05 Å². The minimum Gasteiger partial charge on any atom is -0.484 e. The predicted molar refractivity (Wildman–Crippen MR) is 113 cm³/mol. The highest BCUT2D eigenvalue weighted by Crippen LogP contribution is 2.36. The highest BCUT2D eigenvalue weighted by atomic mass is 19.3. The minimum atomic E-state index is -2.82. The van der Waals surface area contributed by atoms with Gasteiger partial charge in [0.15, 0.2) is 17.4 Å². The number of imidazole rings is 1. The summed E-state index contributed by atoms with van der Waals surface area (Å²) in [5, 5.41) is 2.77. The Morgan fingerprint density at radius 3 is 2.39 bits per heavy atom. The van der Waals surface area contributed by atoms with Crippen molar-refractivity contribution in [3.63, 3.8) is 0 Å². The van der Waals surface area contributed by atoms with Gasteiger partial charge in [0.05, 0.1) is 12.7 Å². The fourth-order valence-electron chi connectivity index (χ4n) is 3.99. The lowest BCUT2D eigenvalue weighted by Crippen LogP contribution is -2.37. The maximum Gasteiger partial charge on any atom is 0.297 e. The van der Waals surface area contributed by atoms with Crippen LogP contribution < -0.4 is 14.8 Å². The van der Waals surface area contributed by atoms with Crippen LogP contribution in [0.5, 0.6) is 11.8 Å². The van der Waals surface area contributed by atoms with Crippen molar-refractivity contribution in [1.29, 1.82) is 0 Å². The Morgan fingerprint density at radius 1 is 1.15 bits per heavy atom. The number of hydrogen-bond acceptors (Lipinski definition) is 5. The molecule has 1 aliphatic carbocycles. The number of carbonyl (C=O) groups excluding carboxylic acids is 1. The molecule has 1 heterocycles. The molecule has 0 unspecified atom stereocenters. The van der Waals surface area contributed by atoms with Gasteiger partial charge in [0.25, 0.3) is 12.4 Å². The first-order valence-corrected chi connectivity index (χ1v) is 10.9. The number of aryl methyl sites for hydroxylation is 1. The topological polar surface area (TPSA) is 74.6 Å². The third-order valence-electron chi connectivity index (χ3n) is 5.62. The van der Waals surface area contributed by atoms with Gasteiger partial charge in [-0.3, -0.25) is 9.36 Å². The number of rotatable bonds is 9. The summed E-state index contributed by atoms with van der Waals surface area (Å²) in [5.41, 5.74) is -0.673. The van der Waals surface area contributed by atoms with Gasteiger partial charge in [-0.2, -0.15) is 4.98 Å². The highest BCUT2D eigenvalue weighted by molar-refractivity contribution is 5.81. The number of amides is 1. The third kappa shape index (κ3) is 5.87. The van der Waals surface area contributed by atoms with Crippen LogP contribution in [-0.4, -0.2) is 53.3 Å². The molecular formula is C22H29F4N3O4. The van der Waals surface area contributed by atoms with Gasteiger partial charge >= 0.3 is 0 Å². The van der Waals surface area contributed by atoms with Crippen molar-refractivity contribution in [2.75, 3.05) is 13.2 Å². The first kappa shape index (κ1) is 25.1. The molecular weight excluding hydrogens is 446 g/mol. The summed E-state index contributed by atoms with van der Waals surface area (Å²) in [6.45, 7) is 3.94. The second-order valence-electron chi connectivity index (χ2n) is 8.39. The molecule has 1 fully saturated rings. The average Bonchev–Trinajstić information content (AvgIpc) is 3.07. The number of ether oxygens (including phenoxy) is 3. The van der Waals surface area contributed by atoms with E-state index in [1.165, 1.54) is 25.5 Å². The lowest BCUT2D eigenvalue weighted by molar-refractivity contribution is -0.120. The zero-order valence-electron chi connectivity index (χ0n) is 19.1. The van der Waals surface area contributed by atoms with Crippen molar-refractivity contribution in [3.8, 4) is 11.8 Å². The monoisotopic (exact) mass is 475 g/mol. The number of nitrogens with zero attached hydrogens (tertiary/aromatic N) is 2. The Labute approximate surface area is 189 Å². The molecule has 0 radical (unpaired) electrons. The molecule has 0 bridgehead atoms. The molecule has 0 aliphatic heterocycles. The molecule has 0 saturated heterocycles. The van der Waals surface area contributed by atoms with Gasteiger partial charge in [-0.05, 0) is 39.5 Å². The van der Waals surface area contributed by atoms with Crippen molar-refractivity contribution < 1.29 is 36.6 Å². The van der Waals surface area contributed by atoms with Crippen LogP contribution in [0.2, 0.25) is 0 Å². The first-order valence-electron chi connectivity index (χ1n) is 10.9. The van der Waals surface area contributed by atoms with E-state index in [1.807, 2.05) is 6.92 Å². The molecule has 1 aromatic carbocycles. The van der Waals surface area contributed by atoms with Gasteiger partial charge in [-0.25, -0.2) is 17.6 Å². The van der Waals surface area contributed by atoms with Gasteiger partial charge in [0, 0.05) is 25.6 Å². The van der Waals surface area contributed by atoms with Crippen molar-refractivity contribution in [2.45, 2.75) is 71.1 Å². The smallest absolute Gasteiger partial charge is 0.297 e. The highest BCUT2D eigenvalue weighted by Gasteiger charge is 2.28. The van der Waals surface area contributed by atoms with Gasteiger partial charge < -0.3 is 19.5 Å². The van der Waals surface area contributed by atoms with Crippen molar-refractivity contribution in [1.82, 2.24) is 14.9 Å². The first-order chi connectivity index (χ1) is 15.6. The van der Waals surface area contributed by atoms with E-state index >= 15 is 0 Å². The summed E-state index contributed by atoms with van der Waals surface area (Å²) >= 11 is 0. The van der Waals surface area contributed by atoms with E-state index in [9.17, 15) is 22.4 Å². The molecule has 11 heteroatoms. The summed E-state index contributed by atoms with van der Waals surface area (Å²) in [5.74, 6) is -2.46. The number of nitrogens with one attached hydrogen (secondary N) is 1. The molecule has 1 aromatic heterocycles. The molecule has 3 rings (SSSR count). The Balaban J connectivity index is 1.67. The second-order valence-corrected chi connectivity index (χ2v) is 8.39. The van der Waals surface area contributed by atoms with Crippen LogP contribution in [0.25, 0.3) is 11.0 Å². The lowest BCUT2D eigenvalue weighted by Gasteiger charge is -2.29. The number of alkyl halides is 2. The standard InChI is InChI=1S/C22H29F4N3O4/c1-11(27-13(3)30)9-31-14-5-7-15(8-6-14)33-22-28-19-17(25)12(2)21(32-10-16(23)24)18(26)20(19)29(22)4/h11,14-16H,5-10H2,1-4H3,(H,27,30)/t11-,14?,15?/m0/s1. The summed E-state index contributed by atoms with van der Waals surface area (Å²) in [7, 11) is 1.47. The van der Waals surface area contributed by atoms with Crippen LogP contribution in [0.15, 0.2) is 0 Å². The van der Waals surface area contributed by atoms with Crippen LogP contribution in [-0.2, 0) is 16.6 Å². The van der Waals surface area contributed by atoms with Crippen LogP contribution in [0.3, 0.4) is 0 Å². The zero-order valence-corrected chi connectivity index (χ0v) is 19.1. The number of benzene rings is 1. The number of aromatic nitrogens is 2. The Morgan fingerprint density at radius 2 is 1.79 bits per heavy atom. The Kier molecular flexibility index (Phi) is 8.04. The van der Waals surface area contributed by atoms with E-state index in [-0.39, 0.29) is 46.8 Å². The maximum atomic E-state index is 15.0. The van der Waals surface area contributed by atoms with E-state index < -0.39 is 30.4 Å². The summed E-state index contributed by atoms with van der Waals surface area (Å²) in [6.07, 6.45) is -0.210. The second kappa shape index (κ2) is 10.6. The van der Waals surface area contributed by atoms with E-state index in [4.69, 9.17) is 14.2 Å². The number of hydrogen-bond donors (Lipinski definition) is 1. The third-order valence-corrected chi connectivity index (χ3v) is 5.62. The van der Waals surface area contributed by atoms with Crippen LogP contribution in [0.1, 0.15) is 45.1 Å². The lowest BCUT2D eigenvalue weighted by atomic mass is 9.95. The molecule has 33 heavy (non-hydrogen) atoms. The molecule has 2 aromatic rings. The van der Waals surface area contributed by atoms with Gasteiger partial charge in [0.2, 0.25) is 5.91 Å². The summed E-state index contributed by atoms with van der Waals surface area (Å²) < 4.78 is 72.7. The number of carbonyl (C=O) groups is 1. The van der Waals surface area contributed by atoms with Crippen LogP contribution >= 0.6 is 0 Å². The molecule has 0 spiro atoms. The van der Waals surface area contributed by atoms with E-state index in [2.05, 4.69) is 10.3 Å². The normalized spacial score (nSPS) is 19.7. The predicted octanol–water partition coefficient (Wildman–Crippen LogP) is 4.04. The van der Waals surface area contributed by atoms with Crippen LogP contribution in [0, 0.1) is 18.6 Å². The number of fused-ring (bicyclic) bond motifs is 1. The zero-order chi connectivity index (χ0) is 24.3. The fourth-order valence-corrected chi connectivity index (χ4v) is 3.99. The molecule has 1 saturated carbocycles. The molecule has 1 N–H and O–H groups in total. The largest absolute Gasteiger partial charge is 0.484 e. The minimum absolute atomic E-state index is 0.0357. The average molecular weight is 475 g/mol. The fraction of sp³-hybridized carbons (Fsp3) is 0.636. The van der Waals surface area contributed by atoms with Gasteiger partial charge in [0.1, 0.15) is 23.7 Å². The van der Waals surface area contributed by atoms with Crippen molar-refractivity contribution >= 4 is 16.9 Å². The molecule has 184 valence electrons. The number of halogens is 4. The molecule has 1 aliphatic rings. The van der Waals surface area contributed by atoms with E-state index in [1.54, 1.807) is 0 Å².